The number of carbonyl (C=O) groups excluding carboxylic acids is 2. The summed E-state index contributed by atoms with van der Waals surface area (Å²) < 4.78 is 5.05. The number of carbonyl (C=O) groups is 2. The molecule has 21 heavy (non-hydrogen) atoms. The quantitative estimate of drug-likeness (QED) is 0.745. The number of nitrogens with zero attached hydrogens (tertiary/aromatic N) is 1. The van der Waals surface area contributed by atoms with Crippen molar-refractivity contribution in [2.45, 2.75) is 45.9 Å². The minimum absolute atomic E-state index is 0.0591. The summed E-state index contributed by atoms with van der Waals surface area (Å²) in [7, 11) is 0. The molecular formula is C16H20N2O3. The SMILES string of the molecule is CC(C)(C)NC(=O)N1CCc2cc3c(cc2C1)C(=O)OC3. The van der Waals surface area contributed by atoms with Gasteiger partial charge in [0.2, 0.25) is 0 Å². The van der Waals surface area contributed by atoms with Gasteiger partial charge >= 0.3 is 12.0 Å². The summed E-state index contributed by atoms with van der Waals surface area (Å²) in [6.45, 7) is 7.50. The first kappa shape index (κ1) is 13.9. The van der Waals surface area contributed by atoms with Crippen LogP contribution in [0, 0.1) is 0 Å². The third-order valence-corrected chi connectivity index (χ3v) is 3.79. The number of hydrogen-bond acceptors (Lipinski definition) is 3. The van der Waals surface area contributed by atoms with Gasteiger partial charge in [0.25, 0.3) is 0 Å². The van der Waals surface area contributed by atoms with Crippen molar-refractivity contribution >= 4 is 12.0 Å². The highest BCUT2D eigenvalue weighted by Gasteiger charge is 2.28. The summed E-state index contributed by atoms with van der Waals surface area (Å²) >= 11 is 0. The number of ether oxygens (including phenoxy) is 1. The molecule has 5 nitrogen and oxygen atoms in total. The molecule has 1 N–H and O–H groups in total. The van der Waals surface area contributed by atoms with Crippen molar-refractivity contribution in [3.05, 3.63) is 34.4 Å². The zero-order valence-electron chi connectivity index (χ0n) is 12.7. The normalized spacial score (nSPS) is 17.1. The molecule has 0 saturated carbocycles. The van der Waals surface area contributed by atoms with Crippen LogP contribution in [0.4, 0.5) is 4.79 Å². The number of nitrogens with one attached hydrogen (secondary N) is 1. The molecule has 0 saturated heterocycles. The highest BCUT2D eigenvalue weighted by atomic mass is 16.5. The minimum Gasteiger partial charge on any atom is -0.457 e. The lowest BCUT2D eigenvalue weighted by atomic mass is 9.94. The van der Waals surface area contributed by atoms with E-state index in [0.717, 1.165) is 17.5 Å². The molecule has 0 aliphatic carbocycles. The summed E-state index contributed by atoms with van der Waals surface area (Å²) in [6.07, 6.45) is 0.814. The van der Waals surface area contributed by atoms with E-state index in [0.29, 0.717) is 25.3 Å². The highest BCUT2D eigenvalue weighted by molar-refractivity contribution is 5.93. The molecule has 5 heteroatoms. The van der Waals surface area contributed by atoms with Crippen molar-refractivity contribution in [2.24, 2.45) is 0 Å². The number of urea groups is 1. The van der Waals surface area contributed by atoms with Crippen molar-refractivity contribution in [2.75, 3.05) is 6.54 Å². The predicted molar refractivity (Wildman–Crippen MR) is 78.0 cm³/mol. The zero-order chi connectivity index (χ0) is 15.2. The molecule has 0 aromatic heterocycles. The van der Waals surface area contributed by atoms with Crippen LogP contribution in [0.5, 0.6) is 0 Å². The standard InChI is InChI=1S/C16H20N2O3/c1-16(2,3)17-15(20)18-5-4-10-6-12-9-21-14(19)13(12)7-11(10)8-18/h6-7H,4-5,8-9H2,1-3H3,(H,17,20). The van der Waals surface area contributed by atoms with Crippen LogP contribution >= 0.6 is 0 Å². The Morgan fingerprint density at radius 1 is 1.24 bits per heavy atom. The van der Waals surface area contributed by atoms with Crippen LogP contribution in [0.25, 0.3) is 0 Å². The van der Waals surface area contributed by atoms with Crippen LogP contribution in [-0.2, 0) is 24.3 Å². The molecule has 2 aliphatic rings. The second kappa shape index (κ2) is 4.76. The molecule has 0 atom stereocenters. The third-order valence-electron chi connectivity index (χ3n) is 3.79. The van der Waals surface area contributed by atoms with Crippen LogP contribution < -0.4 is 5.32 Å². The van der Waals surface area contributed by atoms with Gasteiger partial charge in [0.05, 0.1) is 5.56 Å². The Bertz CT molecular complexity index is 617. The Morgan fingerprint density at radius 2 is 2.00 bits per heavy atom. The van der Waals surface area contributed by atoms with Gasteiger partial charge in [0, 0.05) is 24.2 Å². The van der Waals surface area contributed by atoms with Gasteiger partial charge in [-0.15, -0.1) is 0 Å². The van der Waals surface area contributed by atoms with E-state index in [1.54, 1.807) is 4.90 Å². The van der Waals surface area contributed by atoms with E-state index in [1.807, 2.05) is 26.8 Å². The first-order valence-electron chi connectivity index (χ1n) is 7.22. The highest BCUT2D eigenvalue weighted by Crippen LogP contribution is 2.28. The van der Waals surface area contributed by atoms with E-state index in [4.69, 9.17) is 4.74 Å². The van der Waals surface area contributed by atoms with Crippen molar-refractivity contribution in [1.82, 2.24) is 10.2 Å². The summed E-state index contributed by atoms with van der Waals surface area (Å²) in [4.78, 5) is 25.7. The van der Waals surface area contributed by atoms with Crippen LogP contribution in [0.1, 0.15) is 47.8 Å². The van der Waals surface area contributed by atoms with E-state index in [1.165, 1.54) is 5.56 Å². The van der Waals surface area contributed by atoms with E-state index in [-0.39, 0.29) is 17.5 Å². The lowest BCUT2D eigenvalue weighted by Gasteiger charge is -2.32. The van der Waals surface area contributed by atoms with Crippen LogP contribution in [0.3, 0.4) is 0 Å². The Labute approximate surface area is 124 Å². The Morgan fingerprint density at radius 3 is 2.71 bits per heavy atom. The number of hydrogen-bond donors (Lipinski definition) is 1. The van der Waals surface area contributed by atoms with E-state index < -0.39 is 0 Å². The fraction of sp³-hybridized carbons (Fsp3) is 0.500. The number of fused-ring (bicyclic) bond motifs is 2. The second-order valence-electron chi connectivity index (χ2n) is 6.71. The van der Waals surface area contributed by atoms with Gasteiger partial charge in [-0.2, -0.15) is 0 Å². The molecule has 1 aromatic rings. The summed E-state index contributed by atoms with van der Waals surface area (Å²) in [5.74, 6) is -0.260. The van der Waals surface area contributed by atoms with Gasteiger partial charge in [-0.05, 0) is 44.4 Å². The molecule has 0 unspecified atom stereocenters. The van der Waals surface area contributed by atoms with Crippen LogP contribution in [-0.4, -0.2) is 29.0 Å². The Hall–Kier alpha value is -2.04. The molecule has 2 amide bonds. The Balaban J connectivity index is 1.81. The monoisotopic (exact) mass is 288 g/mol. The van der Waals surface area contributed by atoms with Crippen LogP contribution in [0.2, 0.25) is 0 Å². The van der Waals surface area contributed by atoms with Crippen molar-refractivity contribution < 1.29 is 14.3 Å². The molecule has 2 heterocycles. The Kier molecular flexibility index (Phi) is 3.15. The number of amides is 2. The van der Waals surface area contributed by atoms with Gasteiger partial charge < -0.3 is 15.0 Å². The second-order valence-corrected chi connectivity index (χ2v) is 6.71. The maximum atomic E-state index is 12.2. The van der Waals surface area contributed by atoms with Gasteiger partial charge in [-0.3, -0.25) is 0 Å². The van der Waals surface area contributed by atoms with Gasteiger partial charge in [0.15, 0.2) is 0 Å². The average molecular weight is 288 g/mol. The fourth-order valence-corrected chi connectivity index (χ4v) is 2.76. The maximum Gasteiger partial charge on any atom is 0.338 e. The predicted octanol–water partition coefficient (Wildman–Crippen LogP) is 2.22. The fourth-order valence-electron chi connectivity index (χ4n) is 2.76. The number of cyclic esters (lactones) is 1. The first-order chi connectivity index (χ1) is 9.83. The number of benzene rings is 1. The molecular weight excluding hydrogens is 268 g/mol. The molecule has 0 fully saturated rings. The number of rotatable bonds is 0. The third kappa shape index (κ3) is 2.73. The van der Waals surface area contributed by atoms with Crippen molar-refractivity contribution in [1.29, 1.82) is 0 Å². The van der Waals surface area contributed by atoms with E-state index in [9.17, 15) is 9.59 Å². The topological polar surface area (TPSA) is 58.6 Å². The zero-order valence-corrected chi connectivity index (χ0v) is 12.7. The molecule has 3 rings (SSSR count). The first-order valence-corrected chi connectivity index (χ1v) is 7.22. The number of esters is 1. The molecule has 0 bridgehead atoms. The molecule has 0 radical (unpaired) electrons. The smallest absolute Gasteiger partial charge is 0.338 e. The minimum atomic E-state index is -0.260. The van der Waals surface area contributed by atoms with Crippen LogP contribution in [0.15, 0.2) is 12.1 Å². The van der Waals surface area contributed by atoms with Gasteiger partial charge in [0.1, 0.15) is 6.61 Å². The molecule has 1 aromatic carbocycles. The van der Waals surface area contributed by atoms with E-state index in [2.05, 4.69) is 11.4 Å². The summed E-state index contributed by atoms with van der Waals surface area (Å²) in [5, 5.41) is 2.98. The van der Waals surface area contributed by atoms with Crippen molar-refractivity contribution in [3.8, 4) is 0 Å². The lowest BCUT2D eigenvalue weighted by Crippen LogP contribution is -2.49. The average Bonchev–Trinajstić information content (AvgIpc) is 2.75. The largest absolute Gasteiger partial charge is 0.457 e. The van der Waals surface area contributed by atoms with E-state index >= 15 is 0 Å². The van der Waals surface area contributed by atoms with Gasteiger partial charge in [-0.25, -0.2) is 9.59 Å². The molecule has 112 valence electrons. The molecule has 2 aliphatic heterocycles. The summed E-state index contributed by atoms with van der Waals surface area (Å²) in [6, 6.07) is 3.88. The lowest BCUT2D eigenvalue weighted by molar-refractivity contribution is 0.0535. The summed E-state index contributed by atoms with van der Waals surface area (Å²) in [5.41, 5.74) is 3.62. The van der Waals surface area contributed by atoms with Crippen molar-refractivity contribution in [3.63, 3.8) is 0 Å². The van der Waals surface area contributed by atoms with Gasteiger partial charge in [-0.1, -0.05) is 6.07 Å². The maximum absolute atomic E-state index is 12.2. The molecule has 0 spiro atoms.